The average Bonchev–Trinajstić information content (AvgIpc) is 2.65. The van der Waals surface area contributed by atoms with Crippen LogP contribution in [0.2, 0.25) is 5.02 Å². The Balaban J connectivity index is 1.62. The number of nitrogens with one attached hydrogen (secondary N) is 2. The van der Waals surface area contributed by atoms with Crippen molar-refractivity contribution < 1.29 is 9.18 Å². The molecule has 0 saturated carbocycles. The molecule has 3 rings (SSSR count). The number of carbonyl (C=O) groups is 1. The van der Waals surface area contributed by atoms with Crippen LogP contribution in [0.1, 0.15) is 21.6 Å². The van der Waals surface area contributed by atoms with Gasteiger partial charge in [-0.05, 0) is 54.4 Å². The highest BCUT2D eigenvalue weighted by Gasteiger charge is 2.09. The Morgan fingerprint density at radius 1 is 1.08 bits per heavy atom. The summed E-state index contributed by atoms with van der Waals surface area (Å²) in [6.07, 6.45) is 0. The fraction of sp³-hybridized carbons (Fsp3) is 0.105. The summed E-state index contributed by atoms with van der Waals surface area (Å²) in [6.45, 7) is 2.18. The van der Waals surface area contributed by atoms with Crippen LogP contribution in [0.3, 0.4) is 0 Å². The predicted molar refractivity (Wildman–Crippen MR) is 99.1 cm³/mol. The quantitative estimate of drug-likeness (QED) is 0.704. The van der Waals surface area contributed by atoms with Crippen molar-refractivity contribution in [1.82, 2.24) is 15.5 Å². The molecule has 26 heavy (non-hydrogen) atoms. The van der Waals surface area contributed by atoms with E-state index in [0.717, 1.165) is 16.8 Å². The molecule has 2 N–H and O–H groups in total. The third-order valence-corrected chi connectivity index (χ3v) is 4.20. The summed E-state index contributed by atoms with van der Waals surface area (Å²) in [6, 6.07) is 14.7. The first-order valence-corrected chi connectivity index (χ1v) is 8.29. The minimum atomic E-state index is -0.354. The first kappa shape index (κ1) is 17.8. The predicted octanol–water partition coefficient (Wildman–Crippen LogP) is 4.25. The van der Waals surface area contributed by atoms with Crippen LogP contribution in [-0.4, -0.2) is 16.1 Å². The zero-order valence-electron chi connectivity index (χ0n) is 14.0. The second-order valence-corrected chi connectivity index (χ2v) is 6.06. The number of anilines is 2. The maximum atomic E-state index is 12.9. The van der Waals surface area contributed by atoms with Gasteiger partial charge in [0.2, 0.25) is 0 Å². The van der Waals surface area contributed by atoms with Crippen molar-refractivity contribution in [3.05, 3.63) is 82.3 Å². The van der Waals surface area contributed by atoms with Crippen molar-refractivity contribution in [3.63, 3.8) is 0 Å². The van der Waals surface area contributed by atoms with Crippen molar-refractivity contribution in [2.75, 3.05) is 5.32 Å². The Labute approximate surface area is 155 Å². The van der Waals surface area contributed by atoms with Crippen LogP contribution in [0.4, 0.5) is 15.9 Å². The van der Waals surface area contributed by atoms with E-state index in [1.54, 1.807) is 24.3 Å². The molecule has 0 saturated heterocycles. The molecule has 1 aromatic heterocycles. The van der Waals surface area contributed by atoms with Crippen LogP contribution in [0, 0.1) is 12.7 Å². The largest absolute Gasteiger partial charge is 0.347 e. The summed E-state index contributed by atoms with van der Waals surface area (Å²) in [5.41, 5.74) is 2.71. The van der Waals surface area contributed by atoms with Crippen LogP contribution in [0.5, 0.6) is 0 Å². The normalized spacial score (nSPS) is 10.4. The van der Waals surface area contributed by atoms with Gasteiger partial charge in [0.25, 0.3) is 5.91 Å². The highest BCUT2D eigenvalue weighted by atomic mass is 35.5. The van der Waals surface area contributed by atoms with Crippen LogP contribution in [0.25, 0.3) is 0 Å². The Morgan fingerprint density at radius 3 is 2.54 bits per heavy atom. The maximum Gasteiger partial charge on any atom is 0.272 e. The summed E-state index contributed by atoms with van der Waals surface area (Å²) in [4.78, 5) is 12.1. The summed E-state index contributed by atoms with van der Waals surface area (Å²) < 4.78 is 12.9. The van der Waals surface area contributed by atoms with Crippen LogP contribution >= 0.6 is 11.6 Å². The minimum Gasteiger partial charge on any atom is -0.347 e. The lowest BCUT2D eigenvalue weighted by Crippen LogP contribution is -2.24. The topological polar surface area (TPSA) is 66.9 Å². The smallest absolute Gasteiger partial charge is 0.272 e. The second kappa shape index (κ2) is 7.93. The van der Waals surface area contributed by atoms with E-state index in [9.17, 15) is 9.18 Å². The highest BCUT2D eigenvalue weighted by Crippen LogP contribution is 2.25. The number of aromatic nitrogens is 2. The van der Waals surface area contributed by atoms with Crippen LogP contribution < -0.4 is 10.6 Å². The molecule has 0 aliphatic heterocycles. The second-order valence-electron chi connectivity index (χ2n) is 5.65. The number of hydrogen-bond acceptors (Lipinski definition) is 4. The van der Waals surface area contributed by atoms with E-state index in [1.165, 1.54) is 12.1 Å². The van der Waals surface area contributed by atoms with Crippen molar-refractivity contribution >= 4 is 29.0 Å². The first-order chi connectivity index (χ1) is 12.5. The number of rotatable bonds is 5. The SMILES string of the molecule is Cc1c(Cl)cccc1Nc1ccc(C(=O)NCc2ccc(F)cc2)nn1. The van der Waals surface area contributed by atoms with Crippen LogP contribution in [0.15, 0.2) is 54.6 Å². The molecule has 0 bridgehead atoms. The lowest BCUT2D eigenvalue weighted by Gasteiger charge is -2.10. The Morgan fingerprint density at radius 2 is 1.85 bits per heavy atom. The first-order valence-electron chi connectivity index (χ1n) is 7.91. The van der Waals surface area contributed by atoms with E-state index in [-0.39, 0.29) is 24.0 Å². The fourth-order valence-corrected chi connectivity index (χ4v) is 2.45. The third kappa shape index (κ3) is 4.34. The van der Waals surface area contributed by atoms with Crippen molar-refractivity contribution in [3.8, 4) is 0 Å². The van der Waals surface area contributed by atoms with Gasteiger partial charge in [-0.25, -0.2) is 4.39 Å². The molecule has 0 aliphatic rings. The van der Waals surface area contributed by atoms with Crippen molar-refractivity contribution in [2.24, 2.45) is 0 Å². The van der Waals surface area contributed by atoms with Gasteiger partial charge < -0.3 is 10.6 Å². The zero-order valence-corrected chi connectivity index (χ0v) is 14.7. The fourth-order valence-electron chi connectivity index (χ4n) is 2.28. The lowest BCUT2D eigenvalue weighted by atomic mass is 10.2. The van der Waals surface area contributed by atoms with Gasteiger partial charge >= 0.3 is 0 Å². The average molecular weight is 371 g/mol. The third-order valence-electron chi connectivity index (χ3n) is 3.79. The van der Waals surface area contributed by atoms with Crippen molar-refractivity contribution in [2.45, 2.75) is 13.5 Å². The Bertz CT molecular complexity index is 914. The van der Waals surface area contributed by atoms with Gasteiger partial charge in [0, 0.05) is 17.3 Å². The molecular weight excluding hydrogens is 355 g/mol. The van der Waals surface area contributed by atoms with E-state index in [1.807, 2.05) is 25.1 Å². The van der Waals surface area contributed by atoms with Crippen molar-refractivity contribution in [1.29, 1.82) is 0 Å². The van der Waals surface area contributed by atoms with Crippen LogP contribution in [-0.2, 0) is 6.54 Å². The van der Waals surface area contributed by atoms with Gasteiger partial charge in [0.1, 0.15) is 5.82 Å². The van der Waals surface area contributed by atoms with E-state index >= 15 is 0 Å². The summed E-state index contributed by atoms with van der Waals surface area (Å²) in [7, 11) is 0. The Hall–Kier alpha value is -2.99. The molecule has 132 valence electrons. The monoisotopic (exact) mass is 370 g/mol. The summed E-state index contributed by atoms with van der Waals surface area (Å²) in [5, 5.41) is 14.4. The lowest BCUT2D eigenvalue weighted by molar-refractivity contribution is 0.0945. The molecule has 0 fully saturated rings. The standard InChI is InChI=1S/C19H16ClFN4O/c1-12-15(20)3-2-4-16(12)23-18-10-9-17(24-25-18)19(26)22-11-13-5-7-14(21)8-6-13/h2-10H,11H2,1H3,(H,22,26)(H,23,25). The van der Waals surface area contributed by atoms with Gasteiger partial charge in [0.15, 0.2) is 11.5 Å². The number of halogens is 2. The zero-order chi connectivity index (χ0) is 18.5. The van der Waals surface area contributed by atoms with Gasteiger partial charge in [-0.2, -0.15) is 0 Å². The van der Waals surface area contributed by atoms with E-state index in [4.69, 9.17) is 11.6 Å². The van der Waals surface area contributed by atoms with Gasteiger partial charge in [-0.3, -0.25) is 4.79 Å². The Kier molecular flexibility index (Phi) is 5.43. The molecule has 1 heterocycles. The molecule has 0 aliphatic carbocycles. The summed E-state index contributed by atoms with van der Waals surface area (Å²) in [5.74, 6) is -0.165. The molecule has 0 spiro atoms. The molecular formula is C19H16ClFN4O. The van der Waals surface area contributed by atoms with E-state index in [0.29, 0.717) is 10.8 Å². The number of nitrogens with zero attached hydrogens (tertiary/aromatic N) is 2. The van der Waals surface area contributed by atoms with Gasteiger partial charge in [-0.1, -0.05) is 29.8 Å². The van der Waals surface area contributed by atoms with E-state index < -0.39 is 0 Å². The molecule has 0 atom stereocenters. The van der Waals surface area contributed by atoms with E-state index in [2.05, 4.69) is 20.8 Å². The molecule has 3 aromatic rings. The number of carbonyl (C=O) groups excluding carboxylic acids is 1. The number of amides is 1. The summed E-state index contributed by atoms with van der Waals surface area (Å²) >= 11 is 6.09. The maximum absolute atomic E-state index is 12.9. The molecule has 5 nitrogen and oxygen atoms in total. The van der Waals surface area contributed by atoms with Gasteiger partial charge in [0.05, 0.1) is 0 Å². The highest BCUT2D eigenvalue weighted by molar-refractivity contribution is 6.31. The molecule has 7 heteroatoms. The van der Waals surface area contributed by atoms with Gasteiger partial charge in [-0.15, -0.1) is 10.2 Å². The molecule has 0 radical (unpaired) electrons. The minimum absolute atomic E-state index is 0.195. The number of hydrogen-bond donors (Lipinski definition) is 2. The molecule has 0 unspecified atom stereocenters. The molecule has 2 aromatic carbocycles. The molecule has 1 amide bonds. The number of benzene rings is 2.